The fourth-order valence-electron chi connectivity index (χ4n) is 4.00. The van der Waals surface area contributed by atoms with Gasteiger partial charge in [0.2, 0.25) is 5.91 Å². The number of nitrogens with zero attached hydrogens (tertiary/aromatic N) is 1. The molecule has 1 amide bonds. The highest BCUT2D eigenvalue weighted by atomic mass is 19.4. The molecule has 1 aliphatic carbocycles. The average molecular weight is 422 g/mol. The Hall–Kier alpha value is -2.04. The van der Waals surface area contributed by atoms with Gasteiger partial charge in [-0.15, -0.1) is 0 Å². The Kier molecular flexibility index (Phi) is 8.17. The number of piperidine rings is 1. The van der Waals surface area contributed by atoms with Crippen LogP contribution in [0.3, 0.4) is 0 Å². The summed E-state index contributed by atoms with van der Waals surface area (Å²) in [5.41, 5.74) is -0.451. The molecular formula is C23H29F3N2O2. The van der Waals surface area contributed by atoms with Crippen LogP contribution in [0.15, 0.2) is 24.3 Å². The Labute approximate surface area is 176 Å². The topological polar surface area (TPSA) is 41.6 Å². The van der Waals surface area contributed by atoms with Crippen LogP contribution >= 0.6 is 0 Å². The highest BCUT2D eigenvalue weighted by molar-refractivity contribution is 5.78. The van der Waals surface area contributed by atoms with Gasteiger partial charge >= 0.3 is 6.18 Å². The molecule has 0 radical (unpaired) electrons. The molecule has 0 unspecified atom stereocenters. The number of nitrogens with one attached hydrogen (secondary N) is 1. The third-order valence-corrected chi connectivity index (χ3v) is 5.64. The highest BCUT2D eigenvalue weighted by Gasteiger charge is 2.30. The molecule has 4 nitrogen and oxygen atoms in total. The van der Waals surface area contributed by atoms with Crippen molar-refractivity contribution in [3.63, 3.8) is 0 Å². The van der Waals surface area contributed by atoms with Crippen molar-refractivity contribution in [2.45, 2.75) is 63.3 Å². The predicted molar refractivity (Wildman–Crippen MR) is 109 cm³/mol. The summed E-state index contributed by atoms with van der Waals surface area (Å²) in [4.78, 5) is 14.2. The molecule has 0 bridgehead atoms. The van der Waals surface area contributed by atoms with E-state index in [0.717, 1.165) is 38.1 Å². The maximum Gasteiger partial charge on any atom is 0.416 e. The first-order valence-electron chi connectivity index (χ1n) is 10.7. The van der Waals surface area contributed by atoms with Crippen LogP contribution in [-0.2, 0) is 15.7 Å². The molecule has 2 fully saturated rings. The summed E-state index contributed by atoms with van der Waals surface area (Å²) in [5, 5.41) is 2.71. The zero-order valence-electron chi connectivity index (χ0n) is 17.1. The van der Waals surface area contributed by atoms with Gasteiger partial charge in [0.25, 0.3) is 0 Å². The Morgan fingerprint density at radius 1 is 1.10 bits per heavy atom. The zero-order chi connectivity index (χ0) is 21.4. The maximum absolute atomic E-state index is 12.7. The van der Waals surface area contributed by atoms with Gasteiger partial charge in [0, 0.05) is 18.7 Å². The summed E-state index contributed by atoms with van der Waals surface area (Å²) >= 11 is 0. The number of rotatable bonds is 5. The number of carbonyl (C=O) groups is 1. The summed E-state index contributed by atoms with van der Waals surface area (Å²) in [5.74, 6) is 5.25. The molecular weight excluding hydrogens is 393 g/mol. The van der Waals surface area contributed by atoms with Crippen LogP contribution in [0.5, 0.6) is 0 Å². The van der Waals surface area contributed by atoms with Gasteiger partial charge in [-0.05, 0) is 43.9 Å². The van der Waals surface area contributed by atoms with Crippen molar-refractivity contribution in [1.82, 2.24) is 10.2 Å². The molecule has 2 aliphatic rings. The molecule has 1 saturated carbocycles. The second kappa shape index (κ2) is 10.8. The Balaban J connectivity index is 1.34. The molecule has 30 heavy (non-hydrogen) atoms. The highest BCUT2D eigenvalue weighted by Crippen LogP contribution is 2.29. The normalized spacial score (nSPS) is 19.2. The van der Waals surface area contributed by atoms with Gasteiger partial charge in [-0.25, -0.2) is 0 Å². The van der Waals surface area contributed by atoms with E-state index in [0.29, 0.717) is 18.8 Å². The van der Waals surface area contributed by atoms with E-state index < -0.39 is 11.7 Å². The molecule has 0 atom stereocenters. The van der Waals surface area contributed by atoms with Gasteiger partial charge in [0.1, 0.15) is 0 Å². The lowest BCUT2D eigenvalue weighted by atomic mass is 9.97. The first kappa shape index (κ1) is 22.6. The summed E-state index contributed by atoms with van der Waals surface area (Å²) in [6.45, 7) is 2.08. The third kappa shape index (κ3) is 7.33. The molecule has 1 aromatic carbocycles. The van der Waals surface area contributed by atoms with E-state index >= 15 is 0 Å². The number of benzene rings is 1. The minimum absolute atomic E-state index is 0.107. The Morgan fingerprint density at radius 2 is 1.80 bits per heavy atom. The van der Waals surface area contributed by atoms with Crippen molar-refractivity contribution in [2.24, 2.45) is 0 Å². The third-order valence-electron chi connectivity index (χ3n) is 5.64. The van der Waals surface area contributed by atoms with Gasteiger partial charge in [0.15, 0.2) is 0 Å². The van der Waals surface area contributed by atoms with E-state index in [4.69, 9.17) is 4.74 Å². The number of alkyl halides is 3. The Bertz CT molecular complexity index is 756. The fourth-order valence-corrected chi connectivity index (χ4v) is 4.00. The van der Waals surface area contributed by atoms with Crippen molar-refractivity contribution in [3.8, 4) is 11.8 Å². The molecule has 7 heteroatoms. The van der Waals surface area contributed by atoms with E-state index in [-0.39, 0.29) is 18.0 Å². The molecule has 1 saturated heterocycles. The quantitative estimate of drug-likeness (QED) is 0.730. The van der Waals surface area contributed by atoms with Gasteiger partial charge < -0.3 is 10.1 Å². The van der Waals surface area contributed by atoms with Crippen molar-refractivity contribution < 1.29 is 22.7 Å². The monoisotopic (exact) mass is 422 g/mol. The standard InChI is InChI=1S/C23H29F3N2O2/c24-23(25,26)19-8-4-6-18(16-19)7-5-13-27-22(29)17-28-14-11-21(12-15-28)30-20-9-2-1-3-10-20/h4,6,8,16,20-21H,1-3,9-15,17H2,(H,27,29). The van der Waals surface area contributed by atoms with Gasteiger partial charge in [-0.3, -0.25) is 9.69 Å². The van der Waals surface area contributed by atoms with Crippen molar-refractivity contribution in [2.75, 3.05) is 26.2 Å². The molecule has 1 aliphatic heterocycles. The van der Waals surface area contributed by atoms with Gasteiger partial charge in [0.05, 0.1) is 30.9 Å². The van der Waals surface area contributed by atoms with Crippen LogP contribution in [0.25, 0.3) is 0 Å². The minimum atomic E-state index is -4.39. The Morgan fingerprint density at radius 3 is 2.50 bits per heavy atom. The van der Waals surface area contributed by atoms with E-state index in [1.54, 1.807) is 0 Å². The second-order valence-electron chi connectivity index (χ2n) is 8.03. The number of likely N-dealkylation sites (tertiary alicyclic amines) is 1. The number of hydrogen-bond donors (Lipinski definition) is 1. The number of amides is 1. The SMILES string of the molecule is O=C(CN1CCC(OC2CCCCC2)CC1)NCC#Cc1cccc(C(F)(F)F)c1. The summed E-state index contributed by atoms with van der Waals surface area (Å²) < 4.78 is 44.3. The van der Waals surface area contributed by atoms with E-state index in [9.17, 15) is 18.0 Å². The first-order chi connectivity index (χ1) is 14.4. The number of carbonyl (C=O) groups excluding carboxylic acids is 1. The van der Waals surface area contributed by atoms with Crippen LogP contribution in [0, 0.1) is 11.8 Å². The maximum atomic E-state index is 12.7. The largest absolute Gasteiger partial charge is 0.416 e. The predicted octanol–water partition coefficient (Wildman–Crippen LogP) is 3.99. The lowest BCUT2D eigenvalue weighted by Gasteiger charge is -2.34. The summed E-state index contributed by atoms with van der Waals surface area (Å²) in [6.07, 6.45) is 4.39. The van der Waals surface area contributed by atoms with Gasteiger partial charge in [-0.1, -0.05) is 37.2 Å². The summed E-state index contributed by atoms with van der Waals surface area (Å²) in [6, 6.07) is 4.86. The van der Waals surface area contributed by atoms with Crippen LogP contribution < -0.4 is 5.32 Å². The molecule has 1 heterocycles. The number of ether oxygens (including phenoxy) is 1. The van der Waals surface area contributed by atoms with Crippen molar-refractivity contribution >= 4 is 5.91 Å². The van der Waals surface area contributed by atoms with Crippen LogP contribution in [0.2, 0.25) is 0 Å². The van der Waals surface area contributed by atoms with Crippen molar-refractivity contribution in [3.05, 3.63) is 35.4 Å². The zero-order valence-corrected chi connectivity index (χ0v) is 17.1. The van der Waals surface area contributed by atoms with Crippen LogP contribution in [0.1, 0.15) is 56.1 Å². The van der Waals surface area contributed by atoms with Crippen LogP contribution in [-0.4, -0.2) is 49.2 Å². The number of halogens is 3. The average Bonchev–Trinajstić information content (AvgIpc) is 2.73. The van der Waals surface area contributed by atoms with E-state index in [1.165, 1.54) is 44.2 Å². The lowest BCUT2D eigenvalue weighted by molar-refractivity contribution is -0.137. The first-order valence-corrected chi connectivity index (χ1v) is 10.7. The smallest absolute Gasteiger partial charge is 0.375 e. The number of hydrogen-bond acceptors (Lipinski definition) is 3. The fraction of sp³-hybridized carbons (Fsp3) is 0.609. The molecule has 1 aromatic rings. The molecule has 3 rings (SSSR count). The lowest BCUT2D eigenvalue weighted by Crippen LogP contribution is -2.43. The van der Waals surface area contributed by atoms with Gasteiger partial charge in [-0.2, -0.15) is 13.2 Å². The second-order valence-corrected chi connectivity index (χ2v) is 8.03. The molecule has 0 aromatic heterocycles. The van der Waals surface area contributed by atoms with E-state index in [1.807, 2.05) is 0 Å². The molecule has 1 N–H and O–H groups in total. The summed E-state index contributed by atoms with van der Waals surface area (Å²) in [7, 11) is 0. The van der Waals surface area contributed by atoms with Crippen molar-refractivity contribution in [1.29, 1.82) is 0 Å². The minimum Gasteiger partial charge on any atom is -0.375 e. The molecule has 164 valence electrons. The molecule has 0 spiro atoms. The van der Waals surface area contributed by atoms with Crippen LogP contribution in [0.4, 0.5) is 13.2 Å². The van der Waals surface area contributed by atoms with E-state index in [2.05, 4.69) is 22.1 Å².